The van der Waals surface area contributed by atoms with Gasteiger partial charge in [0.25, 0.3) is 0 Å². The number of carbonyl (C=O) groups excluding carboxylic acids is 1. The molecule has 0 unspecified atom stereocenters. The van der Waals surface area contributed by atoms with Crippen LogP contribution in [0.5, 0.6) is 0 Å². The Labute approximate surface area is 152 Å². The minimum absolute atomic E-state index is 0.0549. The van der Waals surface area contributed by atoms with Gasteiger partial charge in [-0.15, -0.1) is 0 Å². The third-order valence-corrected chi connectivity index (χ3v) is 3.49. The highest BCUT2D eigenvalue weighted by Gasteiger charge is 2.31. The maximum atomic E-state index is 12.4. The van der Waals surface area contributed by atoms with Gasteiger partial charge >= 0.3 is 6.18 Å². The first-order valence-corrected chi connectivity index (χ1v) is 7.91. The summed E-state index contributed by atoms with van der Waals surface area (Å²) in [5, 5.41) is 6.49. The second kappa shape index (κ2) is 7.14. The van der Waals surface area contributed by atoms with E-state index in [0.717, 1.165) is 11.4 Å². The van der Waals surface area contributed by atoms with E-state index < -0.39 is 18.5 Å². The third-order valence-electron chi connectivity index (χ3n) is 3.49. The van der Waals surface area contributed by atoms with Crippen molar-refractivity contribution in [2.24, 2.45) is 0 Å². The van der Waals surface area contributed by atoms with Gasteiger partial charge in [-0.2, -0.15) is 18.3 Å². The SMILES string of the molecule is Cc1cc(C)n(-c2cc(NC(=O)CC(F)(F)F)nc(-c3cccnc3)n2)n1. The number of amides is 1. The standard InChI is InChI=1S/C17H15F3N6O/c1-10-6-11(2)26(25-10)14-7-13(22-15(27)8-17(18,19)20)23-16(24-14)12-4-3-5-21-9-12/h3-7,9H,8H2,1-2H3,(H,22,23,24,27). The lowest BCUT2D eigenvalue weighted by atomic mass is 10.2. The molecule has 0 aliphatic carbocycles. The molecule has 140 valence electrons. The van der Waals surface area contributed by atoms with Crippen LogP contribution in [0.25, 0.3) is 17.2 Å². The Hall–Kier alpha value is -3.30. The van der Waals surface area contributed by atoms with E-state index in [1.807, 2.05) is 13.0 Å². The van der Waals surface area contributed by atoms with Gasteiger partial charge in [-0.3, -0.25) is 9.78 Å². The summed E-state index contributed by atoms with van der Waals surface area (Å²) >= 11 is 0. The Morgan fingerprint density at radius 1 is 1.22 bits per heavy atom. The lowest BCUT2D eigenvalue weighted by Crippen LogP contribution is -2.22. The average Bonchev–Trinajstić information content (AvgIpc) is 2.92. The fourth-order valence-electron chi connectivity index (χ4n) is 2.46. The van der Waals surface area contributed by atoms with Crippen molar-refractivity contribution in [3.63, 3.8) is 0 Å². The first-order valence-electron chi connectivity index (χ1n) is 7.91. The predicted molar refractivity (Wildman–Crippen MR) is 91.2 cm³/mol. The number of aromatic nitrogens is 5. The molecule has 3 aromatic rings. The molecule has 0 aliphatic heterocycles. The molecule has 0 spiro atoms. The molecule has 0 atom stereocenters. The van der Waals surface area contributed by atoms with Crippen molar-refractivity contribution >= 4 is 11.7 Å². The molecular formula is C17H15F3N6O. The maximum Gasteiger partial charge on any atom is 0.397 e. The van der Waals surface area contributed by atoms with Gasteiger partial charge in [0.05, 0.1) is 5.69 Å². The van der Waals surface area contributed by atoms with E-state index in [-0.39, 0.29) is 11.6 Å². The van der Waals surface area contributed by atoms with Gasteiger partial charge in [0.1, 0.15) is 12.2 Å². The third kappa shape index (κ3) is 4.66. The zero-order valence-electron chi connectivity index (χ0n) is 14.4. The minimum Gasteiger partial charge on any atom is -0.310 e. The number of rotatable bonds is 4. The van der Waals surface area contributed by atoms with E-state index in [2.05, 4.69) is 25.4 Å². The second-order valence-corrected chi connectivity index (χ2v) is 5.86. The summed E-state index contributed by atoms with van der Waals surface area (Å²) in [5.74, 6) is -0.745. The lowest BCUT2D eigenvalue weighted by molar-refractivity contribution is -0.150. The van der Waals surface area contributed by atoms with Crippen molar-refractivity contribution in [2.75, 3.05) is 5.32 Å². The fraction of sp³-hybridized carbons (Fsp3) is 0.235. The number of alkyl halides is 3. The first-order chi connectivity index (χ1) is 12.7. The van der Waals surface area contributed by atoms with Crippen LogP contribution in [-0.2, 0) is 4.79 Å². The van der Waals surface area contributed by atoms with E-state index in [1.54, 1.807) is 25.3 Å². The van der Waals surface area contributed by atoms with Gasteiger partial charge < -0.3 is 5.32 Å². The van der Waals surface area contributed by atoms with Crippen molar-refractivity contribution in [1.82, 2.24) is 24.7 Å². The summed E-state index contributed by atoms with van der Waals surface area (Å²) in [6, 6.07) is 6.58. The molecule has 27 heavy (non-hydrogen) atoms. The number of hydrogen-bond donors (Lipinski definition) is 1. The first kappa shape index (κ1) is 18.5. The second-order valence-electron chi connectivity index (χ2n) is 5.86. The van der Waals surface area contributed by atoms with Crippen LogP contribution in [0, 0.1) is 13.8 Å². The van der Waals surface area contributed by atoms with Gasteiger partial charge in [-0.1, -0.05) is 0 Å². The van der Waals surface area contributed by atoms with Gasteiger partial charge in [-0.25, -0.2) is 14.6 Å². The van der Waals surface area contributed by atoms with Crippen LogP contribution in [0.1, 0.15) is 17.8 Å². The molecule has 0 aliphatic rings. The van der Waals surface area contributed by atoms with Crippen LogP contribution < -0.4 is 5.32 Å². The number of nitrogens with zero attached hydrogens (tertiary/aromatic N) is 5. The topological polar surface area (TPSA) is 85.6 Å². The molecule has 0 aromatic carbocycles. The Balaban J connectivity index is 2.03. The summed E-state index contributed by atoms with van der Waals surface area (Å²) in [6.07, 6.45) is -3.13. The Kier molecular flexibility index (Phi) is 4.89. The molecule has 0 saturated carbocycles. The lowest BCUT2D eigenvalue weighted by Gasteiger charge is -2.11. The van der Waals surface area contributed by atoms with E-state index in [0.29, 0.717) is 11.4 Å². The van der Waals surface area contributed by atoms with Crippen molar-refractivity contribution in [1.29, 1.82) is 0 Å². The fourth-order valence-corrected chi connectivity index (χ4v) is 2.46. The van der Waals surface area contributed by atoms with E-state index in [1.165, 1.54) is 16.9 Å². The Morgan fingerprint density at radius 2 is 2.00 bits per heavy atom. The molecule has 10 heteroatoms. The van der Waals surface area contributed by atoms with Crippen molar-refractivity contribution in [3.8, 4) is 17.2 Å². The highest BCUT2D eigenvalue weighted by atomic mass is 19.4. The molecule has 0 radical (unpaired) electrons. The summed E-state index contributed by atoms with van der Waals surface area (Å²) < 4.78 is 38.8. The molecule has 0 bridgehead atoms. The zero-order chi connectivity index (χ0) is 19.6. The van der Waals surface area contributed by atoms with E-state index >= 15 is 0 Å². The number of hydrogen-bond acceptors (Lipinski definition) is 5. The number of halogens is 3. The Morgan fingerprint density at radius 3 is 2.59 bits per heavy atom. The zero-order valence-corrected chi connectivity index (χ0v) is 14.4. The molecule has 0 saturated heterocycles. The average molecular weight is 376 g/mol. The van der Waals surface area contributed by atoms with Crippen molar-refractivity contribution < 1.29 is 18.0 Å². The number of anilines is 1. The molecule has 0 fully saturated rings. The highest BCUT2D eigenvalue weighted by Crippen LogP contribution is 2.23. The number of pyridine rings is 1. The number of carbonyl (C=O) groups is 1. The normalized spacial score (nSPS) is 11.4. The smallest absolute Gasteiger partial charge is 0.310 e. The van der Waals surface area contributed by atoms with Gasteiger partial charge in [0.2, 0.25) is 5.91 Å². The molecule has 1 N–H and O–H groups in total. The quantitative estimate of drug-likeness (QED) is 0.756. The minimum atomic E-state index is -4.61. The Bertz CT molecular complexity index is 969. The maximum absolute atomic E-state index is 12.4. The van der Waals surface area contributed by atoms with Crippen LogP contribution in [0.3, 0.4) is 0 Å². The molecule has 3 heterocycles. The molecule has 1 amide bonds. The van der Waals surface area contributed by atoms with Crippen LogP contribution in [0.4, 0.5) is 19.0 Å². The molecular weight excluding hydrogens is 361 g/mol. The summed E-state index contributed by atoms with van der Waals surface area (Å²) in [5.41, 5.74) is 2.07. The van der Waals surface area contributed by atoms with Gasteiger partial charge in [-0.05, 0) is 32.0 Å². The van der Waals surface area contributed by atoms with Crippen molar-refractivity contribution in [2.45, 2.75) is 26.4 Å². The summed E-state index contributed by atoms with van der Waals surface area (Å²) in [4.78, 5) is 24.2. The number of nitrogens with one attached hydrogen (secondary N) is 1. The molecule has 7 nitrogen and oxygen atoms in total. The summed E-state index contributed by atoms with van der Waals surface area (Å²) in [7, 11) is 0. The van der Waals surface area contributed by atoms with Gasteiger partial charge in [0, 0.05) is 29.7 Å². The largest absolute Gasteiger partial charge is 0.397 e. The van der Waals surface area contributed by atoms with E-state index in [9.17, 15) is 18.0 Å². The highest BCUT2D eigenvalue weighted by molar-refractivity contribution is 5.90. The van der Waals surface area contributed by atoms with Crippen molar-refractivity contribution in [3.05, 3.63) is 48.0 Å². The molecule has 3 rings (SSSR count). The monoisotopic (exact) mass is 376 g/mol. The van der Waals surface area contributed by atoms with Crippen LogP contribution in [0.2, 0.25) is 0 Å². The van der Waals surface area contributed by atoms with E-state index in [4.69, 9.17) is 0 Å². The number of aryl methyl sites for hydroxylation is 2. The van der Waals surface area contributed by atoms with Crippen LogP contribution >= 0.6 is 0 Å². The van der Waals surface area contributed by atoms with Crippen LogP contribution in [-0.4, -0.2) is 36.8 Å². The van der Waals surface area contributed by atoms with Crippen LogP contribution in [0.15, 0.2) is 36.7 Å². The van der Waals surface area contributed by atoms with Gasteiger partial charge in [0.15, 0.2) is 11.6 Å². The predicted octanol–water partition coefficient (Wildman–Crippen LogP) is 3.23. The summed E-state index contributed by atoms with van der Waals surface area (Å²) in [6.45, 7) is 3.62. The molecule has 3 aromatic heterocycles.